The van der Waals surface area contributed by atoms with Crippen LogP contribution in [-0.4, -0.2) is 12.0 Å². The molecule has 19 heavy (non-hydrogen) atoms. The number of aryl methyl sites for hydroxylation is 1. The second kappa shape index (κ2) is 5.65. The highest BCUT2D eigenvalue weighted by atomic mass is 79.9. The van der Waals surface area contributed by atoms with Gasteiger partial charge >= 0.3 is 0 Å². The van der Waals surface area contributed by atoms with Crippen LogP contribution in [0.1, 0.15) is 11.3 Å². The summed E-state index contributed by atoms with van der Waals surface area (Å²) in [6.07, 6.45) is 0. The summed E-state index contributed by atoms with van der Waals surface area (Å²) in [7, 11) is 1.82. The number of rotatable bonds is 3. The SMILES string of the molecule is Cc1nc(N(C)Cc2ccc(F)cc2F)ccc1Br. The van der Waals surface area contributed by atoms with Gasteiger partial charge in [0, 0.05) is 29.7 Å². The fourth-order valence-electron chi connectivity index (χ4n) is 1.73. The molecule has 2 aromatic rings. The van der Waals surface area contributed by atoms with E-state index in [0.29, 0.717) is 12.1 Å². The van der Waals surface area contributed by atoms with Crippen LogP contribution >= 0.6 is 15.9 Å². The second-order valence-corrected chi connectivity index (χ2v) is 5.18. The highest BCUT2D eigenvalue weighted by Gasteiger charge is 2.09. The van der Waals surface area contributed by atoms with Gasteiger partial charge in [-0.15, -0.1) is 0 Å². The summed E-state index contributed by atoms with van der Waals surface area (Å²) in [5, 5.41) is 0. The molecule has 0 fully saturated rings. The van der Waals surface area contributed by atoms with E-state index >= 15 is 0 Å². The quantitative estimate of drug-likeness (QED) is 0.845. The predicted octanol–water partition coefficient (Wildman–Crippen LogP) is 4.07. The van der Waals surface area contributed by atoms with Gasteiger partial charge in [0.15, 0.2) is 0 Å². The van der Waals surface area contributed by atoms with E-state index in [9.17, 15) is 8.78 Å². The van der Waals surface area contributed by atoms with Crippen LogP contribution < -0.4 is 4.90 Å². The molecule has 1 aromatic heterocycles. The molecule has 0 aliphatic heterocycles. The van der Waals surface area contributed by atoms with Crippen LogP contribution in [-0.2, 0) is 6.54 Å². The van der Waals surface area contributed by atoms with Crippen molar-refractivity contribution in [3.63, 3.8) is 0 Å². The van der Waals surface area contributed by atoms with Crippen molar-refractivity contribution in [2.24, 2.45) is 0 Å². The Morgan fingerprint density at radius 2 is 1.95 bits per heavy atom. The minimum absolute atomic E-state index is 0.334. The Labute approximate surface area is 119 Å². The van der Waals surface area contributed by atoms with E-state index in [1.807, 2.05) is 31.0 Å². The zero-order valence-electron chi connectivity index (χ0n) is 10.6. The van der Waals surface area contributed by atoms with Gasteiger partial charge in [0.25, 0.3) is 0 Å². The number of nitrogens with zero attached hydrogens (tertiary/aromatic N) is 2. The molecule has 1 heterocycles. The Morgan fingerprint density at radius 1 is 1.21 bits per heavy atom. The van der Waals surface area contributed by atoms with Gasteiger partial charge in [0.2, 0.25) is 0 Å². The van der Waals surface area contributed by atoms with Gasteiger partial charge in [0.1, 0.15) is 17.5 Å². The van der Waals surface area contributed by atoms with Crippen molar-refractivity contribution < 1.29 is 8.78 Å². The van der Waals surface area contributed by atoms with Crippen molar-refractivity contribution in [2.45, 2.75) is 13.5 Å². The zero-order chi connectivity index (χ0) is 14.0. The first-order valence-corrected chi connectivity index (χ1v) is 6.55. The maximum absolute atomic E-state index is 13.6. The van der Waals surface area contributed by atoms with Crippen molar-refractivity contribution in [3.8, 4) is 0 Å². The maximum Gasteiger partial charge on any atom is 0.131 e. The molecule has 1 aromatic carbocycles. The van der Waals surface area contributed by atoms with E-state index in [1.54, 1.807) is 0 Å². The van der Waals surface area contributed by atoms with Crippen LogP contribution in [0.5, 0.6) is 0 Å². The summed E-state index contributed by atoms with van der Waals surface area (Å²) in [6.45, 7) is 2.22. The molecule has 100 valence electrons. The third kappa shape index (κ3) is 3.29. The number of pyridine rings is 1. The number of hydrogen-bond acceptors (Lipinski definition) is 2. The molecule has 0 aliphatic carbocycles. The molecule has 0 saturated carbocycles. The maximum atomic E-state index is 13.6. The third-order valence-electron chi connectivity index (χ3n) is 2.82. The van der Waals surface area contributed by atoms with E-state index in [1.165, 1.54) is 12.1 Å². The fourth-order valence-corrected chi connectivity index (χ4v) is 1.95. The van der Waals surface area contributed by atoms with Crippen molar-refractivity contribution in [3.05, 3.63) is 57.7 Å². The average Bonchev–Trinajstić information content (AvgIpc) is 2.36. The van der Waals surface area contributed by atoms with Gasteiger partial charge < -0.3 is 4.90 Å². The molecule has 5 heteroatoms. The largest absolute Gasteiger partial charge is 0.355 e. The Balaban J connectivity index is 2.20. The van der Waals surface area contributed by atoms with Crippen LogP contribution in [0, 0.1) is 18.6 Å². The van der Waals surface area contributed by atoms with Crippen LogP contribution in [0.15, 0.2) is 34.8 Å². The monoisotopic (exact) mass is 326 g/mol. The van der Waals surface area contributed by atoms with Gasteiger partial charge in [-0.05, 0) is 41.1 Å². The molecule has 2 rings (SSSR count). The summed E-state index contributed by atoms with van der Waals surface area (Å²) in [4.78, 5) is 6.21. The molecule has 0 amide bonds. The Bertz CT molecular complexity index is 602. The topological polar surface area (TPSA) is 16.1 Å². The molecule has 0 spiro atoms. The van der Waals surface area contributed by atoms with Crippen LogP contribution in [0.3, 0.4) is 0 Å². The Morgan fingerprint density at radius 3 is 2.58 bits per heavy atom. The van der Waals surface area contributed by atoms with Gasteiger partial charge in [-0.1, -0.05) is 6.07 Å². The normalized spacial score (nSPS) is 10.6. The molecular formula is C14H13BrF2N2. The molecule has 0 bridgehead atoms. The number of halogens is 3. The lowest BCUT2D eigenvalue weighted by atomic mass is 10.2. The summed E-state index contributed by atoms with van der Waals surface area (Å²) in [5.41, 5.74) is 1.30. The number of anilines is 1. The minimum atomic E-state index is -0.568. The van der Waals surface area contributed by atoms with Crippen molar-refractivity contribution >= 4 is 21.7 Å². The van der Waals surface area contributed by atoms with E-state index in [-0.39, 0.29) is 0 Å². The van der Waals surface area contributed by atoms with E-state index < -0.39 is 11.6 Å². The lowest BCUT2D eigenvalue weighted by Gasteiger charge is -2.19. The smallest absolute Gasteiger partial charge is 0.131 e. The van der Waals surface area contributed by atoms with Gasteiger partial charge in [-0.25, -0.2) is 13.8 Å². The highest BCUT2D eigenvalue weighted by molar-refractivity contribution is 9.10. The first kappa shape index (κ1) is 13.9. The van der Waals surface area contributed by atoms with Gasteiger partial charge in [-0.2, -0.15) is 0 Å². The molecule has 0 atom stereocenters. The third-order valence-corrected chi connectivity index (χ3v) is 3.66. The van der Waals surface area contributed by atoms with Crippen LogP contribution in [0.2, 0.25) is 0 Å². The van der Waals surface area contributed by atoms with Crippen LogP contribution in [0.4, 0.5) is 14.6 Å². The Kier molecular flexibility index (Phi) is 4.14. The Hall–Kier alpha value is -1.49. The van der Waals surface area contributed by atoms with Crippen molar-refractivity contribution in [2.75, 3.05) is 11.9 Å². The summed E-state index contributed by atoms with van der Waals surface area (Å²) >= 11 is 3.38. The van der Waals surface area contributed by atoms with Crippen LogP contribution in [0.25, 0.3) is 0 Å². The lowest BCUT2D eigenvalue weighted by molar-refractivity contribution is 0.571. The first-order valence-electron chi connectivity index (χ1n) is 5.75. The number of hydrogen-bond donors (Lipinski definition) is 0. The van der Waals surface area contributed by atoms with Gasteiger partial charge in [-0.3, -0.25) is 0 Å². The summed E-state index contributed by atoms with van der Waals surface area (Å²) in [5.74, 6) is -0.369. The number of benzene rings is 1. The second-order valence-electron chi connectivity index (χ2n) is 4.33. The molecular weight excluding hydrogens is 314 g/mol. The molecule has 0 N–H and O–H groups in total. The summed E-state index contributed by atoms with van der Waals surface area (Å²) in [6, 6.07) is 7.34. The van der Waals surface area contributed by atoms with E-state index in [2.05, 4.69) is 20.9 Å². The van der Waals surface area contributed by atoms with Crippen molar-refractivity contribution in [1.29, 1.82) is 0 Å². The minimum Gasteiger partial charge on any atom is -0.355 e. The first-order chi connectivity index (χ1) is 8.97. The predicted molar refractivity (Wildman–Crippen MR) is 75.1 cm³/mol. The number of aromatic nitrogens is 1. The molecule has 0 aliphatic rings. The molecule has 0 unspecified atom stereocenters. The fraction of sp³-hybridized carbons (Fsp3) is 0.214. The molecule has 0 saturated heterocycles. The molecule has 0 radical (unpaired) electrons. The highest BCUT2D eigenvalue weighted by Crippen LogP contribution is 2.20. The van der Waals surface area contributed by atoms with Gasteiger partial charge in [0.05, 0.1) is 5.69 Å². The average molecular weight is 327 g/mol. The van der Waals surface area contributed by atoms with E-state index in [4.69, 9.17) is 0 Å². The standard InChI is InChI=1S/C14H13BrF2N2/c1-9-12(15)5-6-14(18-9)19(2)8-10-3-4-11(16)7-13(10)17/h3-7H,8H2,1-2H3. The summed E-state index contributed by atoms with van der Waals surface area (Å²) < 4.78 is 27.3. The van der Waals surface area contributed by atoms with Crippen molar-refractivity contribution in [1.82, 2.24) is 4.98 Å². The lowest BCUT2D eigenvalue weighted by Crippen LogP contribution is -2.18. The zero-order valence-corrected chi connectivity index (χ0v) is 12.2. The van der Waals surface area contributed by atoms with E-state index in [0.717, 1.165) is 22.1 Å². The molecule has 2 nitrogen and oxygen atoms in total.